The van der Waals surface area contributed by atoms with E-state index >= 15 is 0 Å². The molecule has 4 amide bonds. The van der Waals surface area contributed by atoms with Gasteiger partial charge in [0.15, 0.2) is 0 Å². The quantitative estimate of drug-likeness (QED) is 0.231. The van der Waals surface area contributed by atoms with Gasteiger partial charge in [-0.1, -0.05) is 39.0 Å². The second-order valence-corrected chi connectivity index (χ2v) is 9.53. The van der Waals surface area contributed by atoms with E-state index in [0.717, 1.165) is 33.5 Å². The number of esters is 2. The molecule has 2 rings (SSSR count). The SMILES string of the molecule is CCCC[C@H](NC(=O)C1(NC(=O)N2CCOCC2)CCCCC1)C(=O)C(=O)N[C@@H](CC(=O)OC)C(=O)OC. The predicted molar refractivity (Wildman–Crippen MR) is 134 cm³/mol. The van der Waals surface area contributed by atoms with Gasteiger partial charge in [0.2, 0.25) is 11.7 Å². The smallest absolute Gasteiger partial charge is 0.328 e. The Morgan fingerprint density at radius 2 is 1.58 bits per heavy atom. The number of amides is 4. The van der Waals surface area contributed by atoms with E-state index in [9.17, 15) is 28.8 Å². The number of carbonyl (C=O) groups excluding carboxylic acids is 6. The standard InChI is InChI=1S/C25H40N4O9/c1-4-5-9-17(20(31)21(32)26-18(22(33)37-3)16-19(30)36-2)27-23(34)25(10-7-6-8-11-25)28-24(35)29-12-14-38-15-13-29/h17-18H,4-16H2,1-3H3,(H,26,32)(H,27,34)(H,28,35)/t17-,18-/m0/s1. The fourth-order valence-corrected chi connectivity index (χ4v) is 4.56. The van der Waals surface area contributed by atoms with E-state index in [0.29, 0.717) is 52.0 Å². The molecule has 0 aromatic heterocycles. The Labute approximate surface area is 222 Å². The maximum Gasteiger partial charge on any atom is 0.328 e. The summed E-state index contributed by atoms with van der Waals surface area (Å²) in [6.07, 6.45) is 4.06. The molecule has 13 heteroatoms. The van der Waals surface area contributed by atoms with Crippen LogP contribution in [0, 0.1) is 0 Å². The van der Waals surface area contributed by atoms with Crippen molar-refractivity contribution in [1.29, 1.82) is 0 Å². The number of methoxy groups -OCH3 is 2. The molecule has 214 valence electrons. The van der Waals surface area contributed by atoms with Gasteiger partial charge in [0.05, 0.1) is 39.9 Å². The Balaban J connectivity index is 2.18. The van der Waals surface area contributed by atoms with Crippen LogP contribution in [0.25, 0.3) is 0 Å². The van der Waals surface area contributed by atoms with E-state index in [1.54, 1.807) is 4.90 Å². The van der Waals surface area contributed by atoms with Gasteiger partial charge in [-0.05, 0) is 19.3 Å². The van der Waals surface area contributed by atoms with Gasteiger partial charge in [0.1, 0.15) is 11.6 Å². The molecule has 0 spiro atoms. The van der Waals surface area contributed by atoms with Gasteiger partial charge in [-0.3, -0.25) is 19.2 Å². The van der Waals surface area contributed by atoms with Crippen molar-refractivity contribution >= 4 is 35.6 Å². The number of urea groups is 1. The van der Waals surface area contributed by atoms with Crippen molar-refractivity contribution in [1.82, 2.24) is 20.9 Å². The van der Waals surface area contributed by atoms with Gasteiger partial charge < -0.3 is 35.1 Å². The topological polar surface area (TPSA) is 169 Å². The molecule has 1 heterocycles. The van der Waals surface area contributed by atoms with Gasteiger partial charge in [-0.15, -0.1) is 0 Å². The summed E-state index contributed by atoms with van der Waals surface area (Å²) >= 11 is 0. The number of hydrogen-bond acceptors (Lipinski definition) is 9. The van der Waals surface area contributed by atoms with E-state index in [1.807, 2.05) is 6.92 Å². The number of nitrogens with zero attached hydrogens (tertiary/aromatic N) is 1. The summed E-state index contributed by atoms with van der Waals surface area (Å²) in [5, 5.41) is 7.84. The molecule has 1 aliphatic heterocycles. The Hall–Kier alpha value is -3.22. The molecule has 2 aliphatic rings. The van der Waals surface area contributed by atoms with E-state index in [-0.39, 0.29) is 12.5 Å². The van der Waals surface area contributed by atoms with Crippen LogP contribution in [0.2, 0.25) is 0 Å². The normalized spacial score (nSPS) is 18.3. The third-order valence-corrected chi connectivity index (χ3v) is 6.87. The number of ether oxygens (including phenoxy) is 3. The highest BCUT2D eigenvalue weighted by molar-refractivity contribution is 6.38. The van der Waals surface area contributed by atoms with Crippen molar-refractivity contribution in [3.63, 3.8) is 0 Å². The molecule has 3 N–H and O–H groups in total. The summed E-state index contributed by atoms with van der Waals surface area (Å²) in [5.74, 6) is -4.33. The molecule has 2 atom stereocenters. The molecule has 0 aromatic rings. The van der Waals surface area contributed by atoms with Crippen molar-refractivity contribution < 1.29 is 43.0 Å². The monoisotopic (exact) mass is 540 g/mol. The molecule has 13 nitrogen and oxygen atoms in total. The zero-order chi connectivity index (χ0) is 28.1. The number of ketones is 1. The molecular formula is C25H40N4O9. The number of hydrogen-bond donors (Lipinski definition) is 3. The Morgan fingerprint density at radius 1 is 0.921 bits per heavy atom. The lowest BCUT2D eigenvalue weighted by Crippen LogP contribution is -2.65. The van der Waals surface area contributed by atoms with Crippen molar-refractivity contribution in [2.75, 3.05) is 40.5 Å². The predicted octanol–water partition coefficient (Wildman–Crippen LogP) is 0.196. The highest BCUT2D eigenvalue weighted by Gasteiger charge is 2.43. The minimum absolute atomic E-state index is 0.182. The maximum atomic E-state index is 13.6. The first-order valence-corrected chi connectivity index (χ1v) is 13.1. The number of unbranched alkanes of at least 4 members (excludes halogenated alkanes) is 1. The molecule has 0 unspecified atom stereocenters. The molecule has 2 fully saturated rings. The summed E-state index contributed by atoms with van der Waals surface area (Å²) < 4.78 is 14.5. The van der Waals surface area contributed by atoms with Crippen LogP contribution in [0.3, 0.4) is 0 Å². The molecule has 0 radical (unpaired) electrons. The summed E-state index contributed by atoms with van der Waals surface area (Å²) in [6, 6.07) is -2.98. The molecule has 0 bridgehead atoms. The molecule has 38 heavy (non-hydrogen) atoms. The summed E-state index contributed by atoms with van der Waals surface area (Å²) in [5.41, 5.74) is -1.21. The van der Waals surface area contributed by atoms with Crippen LogP contribution >= 0.6 is 0 Å². The number of nitrogens with one attached hydrogen (secondary N) is 3. The second-order valence-electron chi connectivity index (χ2n) is 9.53. The molecule has 0 aromatic carbocycles. The van der Waals surface area contributed by atoms with Crippen molar-refractivity contribution in [3.05, 3.63) is 0 Å². The fourth-order valence-electron chi connectivity index (χ4n) is 4.56. The minimum atomic E-state index is -1.43. The largest absolute Gasteiger partial charge is 0.469 e. The first kappa shape index (κ1) is 31.0. The zero-order valence-corrected chi connectivity index (χ0v) is 22.5. The zero-order valence-electron chi connectivity index (χ0n) is 22.5. The first-order chi connectivity index (χ1) is 18.2. The third kappa shape index (κ3) is 8.67. The Morgan fingerprint density at radius 3 is 2.16 bits per heavy atom. The van der Waals surface area contributed by atoms with Crippen LogP contribution in [0.5, 0.6) is 0 Å². The summed E-state index contributed by atoms with van der Waals surface area (Å²) in [7, 11) is 2.21. The van der Waals surface area contributed by atoms with Crippen LogP contribution in [0.4, 0.5) is 4.79 Å². The van der Waals surface area contributed by atoms with Crippen molar-refractivity contribution in [2.24, 2.45) is 0 Å². The van der Waals surface area contributed by atoms with Gasteiger partial charge >= 0.3 is 18.0 Å². The lowest BCUT2D eigenvalue weighted by molar-refractivity contribution is -0.151. The van der Waals surface area contributed by atoms with E-state index < -0.39 is 53.6 Å². The lowest BCUT2D eigenvalue weighted by Gasteiger charge is -2.39. The highest BCUT2D eigenvalue weighted by Crippen LogP contribution is 2.29. The average molecular weight is 541 g/mol. The number of morpholine rings is 1. The van der Waals surface area contributed by atoms with Gasteiger partial charge in [-0.25, -0.2) is 9.59 Å². The summed E-state index contributed by atoms with van der Waals surface area (Å²) in [6.45, 7) is 3.55. The minimum Gasteiger partial charge on any atom is -0.469 e. The second kappa shape index (κ2) is 15.3. The molecule has 1 saturated carbocycles. The van der Waals surface area contributed by atoms with Crippen LogP contribution in [-0.2, 0) is 38.2 Å². The van der Waals surface area contributed by atoms with Crippen LogP contribution in [0.15, 0.2) is 0 Å². The first-order valence-electron chi connectivity index (χ1n) is 13.1. The van der Waals surface area contributed by atoms with Crippen LogP contribution in [0.1, 0.15) is 64.7 Å². The average Bonchev–Trinajstić information content (AvgIpc) is 2.94. The fraction of sp³-hybridized carbons (Fsp3) is 0.760. The van der Waals surface area contributed by atoms with Gasteiger partial charge in [0, 0.05) is 13.1 Å². The van der Waals surface area contributed by atoms with Crippen LogP contribution < -0.4 is 16.0 Å². The number of rotatable bonds is 12. The Kier molecular flexibility index (Phi) is 12.4. The van der Waals surface area contributed by atoms with Crippen molar-refractivity contribution in [2.45, 2.75) is 82.3 Å². The van der Waals surface area contributed by atoms with E-state index in [1.165, 1.54) is 0 Å². The lowest BCUT2D eigenvalue weighted by atomic mass is 9.80. The maximum absolute atomic E-state index is 13.6. The van der Waals surface area contributed by atoms with Gasteiger partial charge in [0.25, 0.3) is 5.91 Å². The van der Waals surface area contributed by atoms with Crippen LogP contribution in [-0.4, -0.2) is 98.6 Å². The molecule has 1 saturated heterocycles. The summed E-state index contributed by atoms with van der Waals surface area (Å²) in [4.78, 5) is 77.8. The molecule has 1 aliphatic carbocycles. The van der Waals surface area contributed by atoms with E-state index in [2.05, 4.69) is 25.4 Å². The van der Waals surface area contributed by atoms with E-state index in [4.69, 9.17) is 4.74 Å². The number of Topliss-reactive ketones (excluding diaryl/α,β-unsaturated/α-hetero) is 1. The highest BCUT2D eigenvalue weighted by atomic mass is 16.5. The third-order valence-electron chi connectivity index (χ3n) is 6.87. The molecular weight excluding hydrogens is 500 g/mol. The number of carbonyl (C=O) groups is 6. The van der Waals surface area contributed by atoms with Gasteiger partial charge in [-0.2, -0.15) is 0 Å². The Bertz CT molecular complexity index is 867. The van der Waals surface area contributed by atoms with Crippen molar-refractivity contribution in [3.8, 4) is 0 Å².